The second kappa shape index (κ2) is 5.23. The zero-order valence-corrected chi connectivity index (χ0v) is 12.7. The van der Waals surface area contributed by atoms with Gasteiger partial charge in [0.25, 0.3) is 0 Å². The Kier molecular flexibility index (Phi) is 3.39. The Balaban J connectivity index is 1.56. The van der Waals surface area contributed by atoms with Crippen molar-refractivity contribution in [2.75, 3.05) is 11.4 Å². The smallest absolute Gasteiger partial charge is 0.0415 e. The molecule has 2 nitrogen and oxygen atoms in total. The Hall–Kier alpha value is -0.730. The van der Waals surface area contributed by atoms with Crippen molar-refractivity contribution in [2.45, 2.75) is 57.2 Å². The van der Waals surface area contributed by atoms with Crippen molar-refractivity contribution in [3.8, 4) is 0 Å². The van der Waals surface area contributed by atoms with Gasteiger partial charge in [-0.15, -0.1) is 0 Å². The Morgan fingerprint density at radius 2 is 1.90 bits per heavy atom. The van der Waals surface area contributed by atoms with Gasteiger partial charge in [0.05, 0.1) is 0 Å². The van der Waals surface area contributed by atoms with Crippen LogP contribution in [0, 0.1) is 5.92 Å². The number of rotatable bonds is 7. The number of halogens is 1. The van der Waals surface area contributed by atoms with Gasteiger partial charge in [-0.25, -0.2) is 0 Å². The van der Waals surface area contributed by atoms with E-state index in [2.05, 4.69) is 28.4 Å². The summed E-state index contributed by atoms with van der Waals surface area (Å²) < 4.78 is 0. The molecule has 1 aromatic carbocycles. The molecule has 20 heavy (non-hydrogen) atoms. The number of nitrogens with zero attached hydrogens (tertiary/aromatic N) is 1. The van der Waals surface area contributed by atoms with E-state index in [1.165, 1.54) is 56.3 Å². The summed E-state index contributed by atoms with van der Waals surface area (Å²) in [5, 5.41) is 4.50. The Morgan fingerprint density at radius 1 is 1.10 bits per heavy atom. The summed E-state index contributed by atoms with van der Waals surface area (Å²) in [6, 6.07) is 8.00. The lowest BCUT2D eigenvalue weighted by Gasteiger charge is -2.27. The van der Waals surface area contributed by atoms with Gasteiger partial charge in [0.1, 0.15) is 0 Å². The van der Waals surface area contributed by atoms with Crippen molar-refractivity contribution >= 4 is 17.3 Å². The molecular formula is C17H23ClN2. The van der Waals surface area contributed by atoms with E-state index in [0.717, 1.165) is 29.6 Å². The van der Waals surface area contributed by atoms with Gasteiger partial charge in [0.15, 0.2) is 0 Å². The molecular weight excluding hydrogens is 268 g/mol. The van der Waals surface area contributed by atoms with Gasteiger partial charge in [-0.05, 0) is 68.2 Å². The fourth-order valence-corrected chi connectivity index (χ4v) is 3.12. The van der Waals surface area contributed by atoms with Crippen LogP contribution in [0.3, 0.4) is 0 Å². The second-order valence-electron chi connectivity index (χ2n) is 6.76. The maximum atomic E-state index is 6.22. The second-order valence-corrected chi connectivity index (χ2v) is 7.19. The van der Waals surface area contributed by atoms with Gasteiger partial charge in [-0.1, -0.05) is 11.6 Å². The molecule has 0 saturated heterocycles. The molecule has 3 fully saturated rings. The molecule has 0 aromatic heterocycles. The van der Waals surface area contributed by atoms with Gasteiger partial charge in [0.2, 0.25) is 0 Å². The predicted molar refractivity (Wildman–Crippen MR) is 84.4 cm³/mol. The lowest BCUT2D eigenvalue weighted by atomic mass is 10.1. The van der Waals surface area contributed by atoms with Crippen LogP contribution in [0.25, 0.3) is 0 Å². The molecule has 0 aliphatic heterocycles. The first kappa shape index (κ1) is 13.0. The quantitative estimate of drug-likeness (QED) is 0.817. The standard InChI is InChI=1S/C17H23ClN2/c18-14-3-8-17(13(9-14)10-19-15-4-5-15)20(16-6-7-16)11-12-1-2-12/h3,8-9,12,15-16,19H,1-2,4-7,10-11H2. The molecule has 3 aliphatic carbocycles. The highest BCUT2D eigenvalue weighted by Crippen LogP contribution is 2.39. The summed E-state index contributed by atoms with van der Waals surface area (Å²) in [6.45, 7) is 2.22. The van der Waals surface area contributed by atoms with Gasteiger partial charge >= 0.3 is 0 Å². The van der Waals surface area contributed by atoms with E-state index in [4.69, 9.17) is 11.6 Å². The molecule has 3 heteroatoms. The molecule has 3 saturated carbocycles. The number of nitrogens with one attached hydrogen (secondary N) is 1. The van der Waals surface area contributed by atoms with E-state index < -0.39 is 0 Å². The highest BCUT2D eigenvalue weighted by molar-refractivity contribution is 6.30. The maximum absolute atomic E-state index is 6.22. The average molecular weight is 291 g/mol. The van der Waals surface area contributed by atoms with Gasteiger partial charge in [-0.2, -0.15) is 0 Å². The third-order valence-corrected chi connectivity index (χ3v) is 4.88. The number of benzene rings is 1. The van der Waals surface area contributed by atoms with Gasteiger partial charge in [0, 0.05) is 35.9 Å². The Morgan fingerprint density at radius 3 is 2.55 bits per heavy atom. The van der Waals surface area contributed by atoms with Crippen LogP contribution in [0.4, 0.5) is 5.69 Å². The fraction of sp³-hybridized carbons (Fsp3) is 0.647. The SMILES string of the molecule is Clc1ccc(N(CC2CC2)C2CC2)c(CNC2CC2)c1. The molecule has 0 atom stereocenters. The van der Waals surface area contributed by atoms with Crippen LogP contribution in [0.15, 0.2) is 18.2 Å². The minimum Gasteiger partial charge on any atom is -0.368 e. The molecule has 3 aliphatic rings. The lowest BCUT2D eigenvalue weighted by molar-refractivity contribution is 0.673. The summed E-state index contributed by atoms with van der Waals surface area (Å²) in [5.41, 5.74) is 2.81. The zero-order valence-electron chi connectivity index (χ0n) is 11.9. The third-order valence-electron chi connectivity index (χ3n) is 4.65. The van der Waals surface area contributed by atoms with Crippen molar-refractivity contribution in [3.63, 3.8) is 0 Å². The third kappa shape index (κ3) is 3.12. The van der Waals surface area contributed by atoms with E-state index in [-0.39, 0.29) is 0 Å². The van der Waals surface area contributed by atoms with Crippen LogP contribution in [-0.2, 0) is 6.54 Å². The average Bonchev–Trinajstić information content (AvgIpc) is 3.24. The summed E-state index contributed by atoms with van der Waals surface area (Å²) >= 11 is 6.22. The van der Waals surface area contributed by atoms with Crippen LogP contribution in [0.5, 0.6) is 0 Å². The van der Waals surface area contributed by atoms with E-state index in [1.54, 1.807) is 0 Å². The largest absolute Gasteiger partial charge is 0.368 e. The van der Waals surface area contributed by atoms with E-state index in [9.17, 15) is 0 Å². The first-order chi connectivity index (χ1) is 9.79. The van der Waals surface area contributed by atoms with Crippen molar-refractivity contribution in [1.29, 1.82) is 0 Å². The first-order valence-corrected chi connectivity index (χ1v) is 8.46. The van der Waals surface area contributed by atoms with Crippen LogP contribution in [-0.4, -0.2) is 18.6 Å². The van der Waals surface area contributed by atoms with Gasteiger partial charge < -0.3 is 10.2 Å². The molecule has 0 unspecified atom stereocenters. The zero-order chi connectivity index (χ0) is 13.5. The highest BCUT2D eigenvalue weighted by atomic mass is 35.5. The van der Waals surface area contributed by atoms with E-state index >= 15 is 0 Å². The van der Waals surface area contributed by atoms with Crippen LogP contribution in [0.2, 0.25) is 5.02 Å². The molecule has 0 heterocycles. The van der Waals surface area contributed by atoms with Crippen molar-refractivity contribution in [2.24, 2.45) is 5.92 Å². The normalized spacial score (nSPS) is 22.1. The minimum absolute atomic E-state index is 0.750. The van der Waals surface area contributed by atoms with Crippen molar-refractivity contribution in [1.82, 2.24) is 5.32 Å². The molecule has 1 N–H and O–H groups in total. The first-order valence-electron chi connectivity index (χ1n) is 8.08. The Labute approximate surface area is 126 Å². The van der Waals surface area contributed by atoms with Crippen LogP contribution >= 0.6 is 11.6 Å². The molecule has 4 rings (SSSR count). The summed E-state index contributed by atoms with van der Waals surface area (Å²) in [7, 11) is 0. The van der Waals surface area contributed by atoms with Gasteiger partial charge in [-0.3, -0.25) is 0 Å². The number of anilines is 1. The monoisotopic (exact) mass is 290 g/mol. The summed E-state index contributed by atoms with van der Waals surface area (Å²) in [5.74, 6) is 0.940. The van der Waals surface area contributed by atoms with Crippen molar-refractivity contribution < 1.29 is 0 Å². The molecule has 1 aromatic rings. The molecule has 108 valence electrons. The summed E-state index contributed by atoms with van der Waals surface area (Å²) in [4.78, 5) is 2.66. The van der Waals surface area contributed by atoms with E-state index in [0.29, 0.717) is 0 Å². The highest BCUT2D eigenvalue weighted by Gasteiger charge is 2.34. The molecule has 0 bridgehead atoms. The van der Waals surface area contributed by atoms with Crippen LogP contribution < -0.4 is 10.2 Å². The fourth-order valence-electron chi connectivity index (χ4n) is 2.93. The van der Waals surface area contributed by atoms with Crippen LogP contribution in [0.1, 0.15) is 44.1 Å². The van der Waals surface area contributed by atoms with E-state index in [1.807, 2.05) is 0 Å². The number of hydrogen-bond donors (Lipinski definition) is 1. The van der Waals surface area contributed by atoms with Crippen molar-refractivity contribution in [3.05, 3.63) is 28.8 Å². The lowest BCUT2D eigenvalue weighted by Crippen LogP contribution is -2.30. The molecule has 0 radical (unpaired) electrons. The maximum Gasteiger partial charge on any atom is 0.0415 e. The summed E-state index contributed by atoms with van der Waals surface area (Å²) in [6.07, 6.45) is 8.25. The topological polar surface area (TPSA) is 15.3 Å². The molecule has 0 spiro atoms. The predicted octanol–water partition coefficient (Wildman–Crippen LogP) is 3.97. The number of hydrogen-bond acceptors (Lipinski definition) is 2. The molecule has 0 amide bonds. The minimum atomic E-state index is 0.750. The Bertz CT molecular complexity index is 490.